The summed E-state index contributed by atoms with van der Waals surface area (Å²) in [5, 5.41) is 8.91. The minimum absolute atomic E-state index is 0.147. The number of amides is 1. The topological polar surface area (TPSA) is 44.1 Å². The molecule has 0 saturated carbocycles. The molecule has 2 atom stereocenters. The number of hydrogen-bond donors (Lipinski definition) is 0. The van der Waals surface area contributed by atoms with Crippen molar-refractivity contribution in [3.05, 3.63) is 35.4 Å². The Labute approximate surface area is 121 Å². The van der Waals surface area contributed by atoms with Crippen LogP contribution in [0.1, 0.15) is 50.7 Å². The van der Waals surface area contributed by atoms with E-state index in [4.69, 9.17) is 5.26 Å². The van der Waals surface area contributed by atoms with Gasteiger partial charge >= 0.3 is 0 Å². The fourth-order valence-corrected chi connectivity index (χ4v) is 3.40. The van der Waals surface area contributed by atoms with E-state index in [-0.39, 0.29) is 5.41 Å². The van der Waals surface area contributed by atoms with E-state index in [1.807, 2.05) is 17.0 Å². The zero-order valence-corrected chi connectivity index (χ0v) is 12.3. The summed E-state index contributed by atoms with van der Waals surface area (Å²) in [7, 11) is 0. The fraction of sp³-hybridized carbons (Fsp3) is 0.529. The number of piperidine rings is 1. The fourth-order valence-electron chi connectivity index (χ4n) is 3.40. The number of carbonyl (C=O) groups excluding carboxylic acids is 1. The van der Waals surface area contributed by atoms with Gasteiger partial charge in [-0.2, -0.15) is 5.26 Å². The monoisotopic (exact) mass is 270 g/mol. The highest BCUT2D eigenvalue weighted by Gasteiger charge is 2.38. The molecule has 0 aromatic heterocycles. The first kappa shape index (κ1) is 14.6. The molecule has 2 unspecified atom stereocenters. The Morgan fingerprint density at radius 2 is 2.10 bits per heavy atom. The first-order chi connectivity index (χ1) is 9.69. The van der Waals surface area contributed by atoms with Gasteiger partial charge in [-0.15, -0.1) is 0 Å². The standard InChI is InChI=1S/C17H22N2O/c1-3-16-11-17(4-2,9-10-19(16)13-20)15-7-5-14(12-18)6-8-15/h5-8,13,16H,3-4,9-11H2,1-2H3. The van der Waals surface area contributed by atoms with E-state index in [0.29, 0.717) is 11.6 Å². The number of hydrogen-bond acceptors (Lipinski definition) is 2. The van der Waals surface area contributed by atoms with Crippen LogP contribution in [0.4, 0.5) is 0 Å². The second kappa shape index (κ2) is 6.09. The van der Waals surface area contributed by atoms with Crippen molar-refractivity contribution < 1.29 is 4.79 Å². The van der Waals surface area contributed by atoms with Gasteiger partial charge in [0.05, 0.1) is 11.6 Å². The van der Waals surface area contributed by atoms with Gasteiger partial charge < -0.3 is 4.90 Å². The molecule has 1 heterocycles. The Bertz CT molecular complexity index is 503. The Kier molecular flexibility index (Phi) is 4.44. The number of nitrogens with zero attached hydrogens (tertiary/aromatic N) is 2. The molecule has 1 aliphatic rings. The predicted octanol–water partition coefficient (Wildman–Crippen LogP) is 3.24. The third kappa shape index (κ3) is 2.56. The number of rotatable bonds is 4. The third-order valence-electron chi connectivity index (χ3n) is 4.85. The van der Waals surface area contributed by atoms with Crippen LogP contribution in [0.5, 0.6) is 0 Å². The average Bonchev–Trinajstić information content (AvgIpc) is 2.54. The van der Waals surface area contributed by atoms with Crippen LogP contribution in [0.25, 0.3) is 0 Å². The maximum Gasteiger partial charge on any atom is 0.209 e. The zero-order valence-electron chi connectivity index (χ0n) is 12.3. The second-order valence-corrected chi connectivity index (χ2v) is 5.68. The normalized spacial score (nSPS) is 26.1. The molecule has 106 valence electrons. The van der Waals surface area contributed by atoms with Gasteiger partial charge in [-0.05, 0) is 48.8 Å². The first-order valence-corrected chi connectivity index (χ1v) is 7.40. The summed E-state index contributed by atoms with van der Waals surface area (Å²) in [6.07, 6.45) is 5.08. The van der Waals surface area contributed by atoms with E-state index in [9.17, 15) is 4.79 Å². The van der Waals surface area contributed by atoms with Crippen LogP contribution in [-0.4, -0.2) is 23.9 Å². The molecule has 0 aliphatic carbocycles. The van der Waals surface area contributed by atoms with Gasteiger partial charge in [0.25, 0.3) is 0 Å². The van der Waals surface area contributed by atoms with Crippen LogP contribution in [0, 0.1) is 11.3 Å². The van der Waals surface area contributed by atoms with Gasteiger partial charge in [-0.25, -0.2) is 0 Å². The van der Waals surface area contributed by atoms with Crippen molar-refractivity contribution in [1.29, 1.82) is 5.26 Å². The molecule has 1 aliphatic heterocycles. The molecule has 2 rings (SSSR count). The molecule has 20 heavy (non-hydrogen) atoms. The quantitative estimate of drug-likeness (QED) is 0.788. The maximum atomic E-state index is 11.1. The van der Waals surface area contributed by atoms with Crippen LogP contribution < -0.4 is 0 Å². The molecule has 1 amide bonds. The molecule has 1 aromatic rings. The molecule has 1 fully saturated rings. The number of benzene rings is 1. The van der Waals surface area contributed by atoms with Gasteiger partial charge in [-0.1, -0.05) is 26.0 Å². The zero-order chi connectivity index (χ0) is 14.6. The minimum atomic E-state index is 0.147. The molecule has 1 aromatic carbocycles. The molecular weight excluding hydrogens is 248 g/mol. The van der Waals surface area contributed by atoms with E-state index in [1.165, 1.54) is 5.56 Å². The Balaban J connectivity index is 2.29. The number of carbonyl (C=O) groups is 1. The Hall–Kier alpha value is -1.82. The third-order valence-corrected chi connectivity index (χ3v) is 4.85. The van der Waals surface area contributed by atoms with Crippen molar-refractivity contribution in [3.63, 3.8) is 0 Å². The molecule has 1 saturated heterocycles. The van der Waals surface area contributed by atoms with Crippen molar-refractivity contribution in [1.82, 2.24) is 4.90 Å². The summed E-state index contributed by atoms with van der Waals surface area (Å²) in [4.78, 5) is 13.1. The van der Waals surface area contributed by atoms with Crippen molar-refractivity contribution >= 4 is 6.41 Å². The Morgan fingerprint density at radius 3 is 2.60 bits per heavy atom. The molecule has 0 spiro atoms. The SMILES string of the molecule is CCC1CC(CC)(c2ccc(C#N)cc2)CCN1C=O. The highest BCUT2D eigenvalue weighted by atomic mass is 16.1. The minimum Gasteiger partial charge on any atom is -0.342 e. The summed E-state index contributed by atoms with van der Waals surface area (Å²) >= 11 is 0. The highest BCUT2D eigenvalue weighted by Crippen LogP contribution is 2.41. The molecular formula is C17H22N2O. The highest BCUT2D eigenvalue weighted by molar-refractivity contribution is 5.48. The first-order valence-electron chi connectivity index (χ1n) is 7.40. The lowest BCUT2D eigenvalue weighted by molar-refractivity contribution is -0.122. The largest absolute Gasteiger partial charge is 0.342 e. The van der Waals surface area contributed by atoms with Crippen molar-refractivity contribution in [3.8, 4) is 6.07 Å². The number of nitriles is 1. The maximum absolute atomic E-state index is 11.1. The Morgan fingerprint density at radius 1 is 1.40 bits per heavy atom. The van der Waals surface area contributed by atoms with Gasteiger partial charge in [0, 0.05) is 12.6 Å². The van der Waals surface area contributed by atoms with E-state index < -0.39 is 0 Å². The lowest BCUT2D eigenvalue weighted by Crippen LogP contribution is -2.48. The van der Waals surface area contributed by atoms with E-state index in [2.05, 4.69) is 32.0 Å². The molecule has 3 heteroatoms. The lowest BCUT2D eigenvalue weighted by Gasteiger charge is -2.45. The van der Waals surface area contributed by atoms with E-state index in [1.54, 1.807) is 0 Å². The summed E-state index contributed by atoms with van der Waals surface area (Å²) < 4.78 is 0. The van der Waals surface area contributed by atoms with Crippen LogP contribution in [0.15, 0.2) is 24.3 Å². The lowest BCUT2D eigenvalue weighted by atomic mass is 9.68. The summed E-state index contributed by atoms with van der Waals surface area (Å²) in [5.41, 5.74) is 2.16. The van der Waals surface area contributed by atoms with Crippen molar-refractivity contribution in [2.45, 2.75) is 51.0 Å². The predicted molar refractivity (Wildman–Crippen MR) is 79.2 cm³/mol. The molecule has 0 radical (unpaired) electrons. The van der Waals surface area contributed by atoms with E-state index in [0.717, 1.165) is 38.6 Å². The van der Waals surface area contributed by atoms with Gasteiger partial charge in [-0.3, -0.25) is 4.79 Å². The average molecular weight is 270 g/mol. The van der Waals surface area contributed by atoms with E-state index >= 15 is 0 Å². The molecule has 0 N–H and O–H groups in total. The van der Waals surface area contributed by atoms with Crippen LogP contribution in [0.3, 0.4) is 0 Å². The van der Waals surface area contributed by atoms with Crippen LogP contribution in [0.2, 0.25) is 0 Å². The molecule has 0 bridgehead atoms. The van der Waals surface area contributed by atoms with Crippen LogP contribution in [-0.2, 0) is 10.2 Å². The summed E-state index contributed by atoms with van der Waals surface area (Å²) in [5.74, 6) is 0. The van der Waals surface area contributed by atoms with Gasteiger partial charge in [0.2, 0.25) is 6.41 Å². The van der Waals surface area contributed by atoms with Gasteiger partial charge in [0.1, 0.15) is 0 Å². The second-order valence-electron chi connectivity index (χ2n) is 5.68. The summed E-state index contributed by atoms with van der Waals surface area (Å²) in [6.45, 7) is 5.20. The van der Waals surface area contributed by atoms with Crippen molar-refractivity contribution in [2.24, 2.45) is 0 Å². The number of likely N-dealkylation sites (tertiary alicyclic amines) is 1. The summed E-state index contributed by atoms with van der Waals surface area (Å²) in [6, 6.07) is 10.5. The van der Waals surface area contributed by atoms with Crippen LogP contribution >= 0.6 is 0 Å². The smallest absolute Gasteiger partial charge is 0.209 e. The molecule has 3 nitrogen and oxygen atoms in total. The van der Waals surface area contributed by atoms with Gasteiger partial charge in [0.15, 0.2) is 0 Å². The van der Waals surface area contributed by atoms with Crippen molar-refractivity contribution in [2.75, 3.05) is 6.54 Å².